The molecule has 2 heterocycles. The summed E-state index contributed by atoms with van der Waals surface area (Å²) in [5.41, 5.74) is 1.45. The topological polar surface area (TPSA) is 30.4 Å². The molecule has 2 aliphatic carbocycles. The first kappa shape index (κ1) is 9.88. The molecule has 2 saturated carbocycles. The van der Waals surface area contributed by atoms with Gasteiger partial charge in [-0.1, -0.05) is 0 Å². The molecule has 4 rings (SSSR count). The van der Waals surface area contributed by atoms with Gasteiger partial charge in [-0.3, -0.25) is 4.68 Å². The van der Waals surface area contributed by atoms with Crippen molar-refractivity contribution in [2.75, 3.05) is 0 Å². The second kappa shape index (κ2) is 3.02. The first-order valence-electron chi connectivity index (χ1n) is 6.07. The first-order chi connectivity index (χ1) is 7.66. The molecule has 3 nitrogen and oxygen atoms in total. The van der Waals surface area contributed by atoms with E-state index in [9.17, 15) is 0 Å². The van der Waals surface area contributed by atoms with Gasteiger partial charge >= 0.3 is 0 Å². The fourth-order valence-electron chi connectivity index (χ4n) is 3.56. The van der Waals surface area contributed by atoms with Crippen LogP contribution in [-0.4, -0.2) is 22.0 Å². The molecule has 3 aliphatic rings. The third kappa shape index (κ3) is 1.20. The Balaban J connectivity index is 1.68. The number of halogens is 1. The molecule has 1 aromatic heterocycles. The summed E-state index contributed by atoms with van der Waals surface area (Å²) < 4.78 is 8.97. The zero-order valence-electron chi connectivity index (χ0n) is 9.43. The number of hydrogen-bond acceptors (Lipinski definition) is 2. The Kier molecular flexibility index (Phi) is 1.86. The molecule has 0 aromatic carbocycles. The molecule has 0 N–H and O–H groups in total. The van der Waals surface area contributed by atoms with E-state index in [2.05, 4.69) is 52.3 Å². The minimum absolute atomic E-state index is 0.468. The lowest BCUT2D eigenvalue weighted by Crippen LogP contribution is -2.09. The molecule has 0 amide bonds. The fraction of sp³-hybridized carbons (Fsp3) is 0.750. The van der Waals surface area contributed by atoms with Crippen molar-refractivity contribution in [2.24, 2.45) is 11.8 Å². The first-order valence-corrected chi connectivity index (χ1v) is 7.15. The van der Waals surface area contributed by atoms with Gasteiger partial charge in [0, 0.05) is 17.7 Å². The third-order valence-electron chi connectivity index (χ3n) is 4.30. The lowest BCUT2D eigenvalue weighted by Gasteiger charge is -2.11. The van der Waals surface area contributed by atoms with Gasteiger partial charge in [-0.05, 0) is 60.8 Å². The van der Waals surface area contributed by atoms with Crippen LogP contribution in [0.1, 0.15) is 37.9 Å². The molecular formula is C12H15IN2O. The molecule has 3 fully saturated rings. The van der Waals surface area contributed by atoms with Gasteiger partial charge in [0.2, 0.25) is 0 Å². The van der Waals surface area contributed by atoms with Crippen molar-refractivity contribution in [3.8, 4) is 0 Å². The molecule has 5 atom stereocenters. The zero-order valence-corrected chi connectivity index (χ0v) is 11.6. The van der Waals surface area contributed by atoms with E-state index in [0.29, 0.717) is 18.2 Å². The van der Waals surface area contributed by atoms with Gasteiger partial charge < -0.3 is 4.74 Å². The maximum atomic E-state index is 5.63. The number of ether oxygens (including phenoxy) is 1. The Labute approximate surface area is 109 Å². The lowest BCUT2D eigenvalue weighted by molar-refractivity contribution is 0.313. The molecule has 16 heavy (non-hydrogen) atoms. The van der Waals surface area contributed by atoms with E-state index in [1.165, 1.54) is 12.1 Å². The molecule has 1 saturated heterocycles. The summed E-state index contributed by atoms with van der Waals surface area (Å²) in [5.74, 6) is 2.45. The summed E-state index contributed by atoms with van der Waals surface area (Å²) in [6.07, 6.45) is 2.52. The van der Waals surface area contributed by atoms with Crippen molar-refractivity contribution in [1.29, 1.82) is 0 Å². The van der Waals surface area contributed by atoms with Crippen molar-refractivity contribution in [2.45, 2.75) is 44.4 Å². The zero-order chi connectivity index (χ0) is 11.0. The van der Waals surface area contributed by atoms with E-state index in [4.69, 9.17) is 4.74 Å². The molecular weight excluding hydrogens is 315 g/mol. The van der Waals surface area contributed by atoms with Gasteiger partial charge in [0.25, 0.3) is 0 Å². The van der Waals surface area contributed by atoms with Crippen LogP contribution in [0.15, 0.2) is 6.07 Å². The standard InChI is InChI=1S/C12H15IN2O/c1-5(2)15-7(4-9(13)14-15)10-6-3-8-12(16-8)11(6)10/h4-6,8,10-12H,3H2,1-2H3/t6-,8+,10+,11-,12?/m1/s1. The quantitative estimate of drug-likeness (QED) is 0.616. The average Bonchev–Trinajstić information content (AvgIpc) is 3.07. The summed E-state index contributed by atoms with van der Waals surface area (Å²) in [6.45, 7) is 4.42. The summed E-state index contributed by atoms with van der Waals surface area (Å²) in [7, 11) is 0. The van der Waals surface area contributed by atoms with Crippen LogP contribution in [0.4, 0.5) is 0 Å². The molecule has 0 spiro atoms. The Morgan fingerprint density at radius 2 is 2.38 bits per heavy atom. The van der Waals surface area contributed by atoms with Crippen LogP contribution in [0.2, 0.25) is 0 Å². The number of epoxide rings is 1. The summed E-state index contributed by atoms with van der Waals surface area (Å²) in [6, 6.07) is 2.73. The molecule has 1 aliphatic heterocycles. The second-order valence-corrected chi connectivity index (χ2v) is 6.68. The number of nitrogens with zero attached hydrogens (tertiary/aromatic N) is 2. The maximum absolute atomic E-state index is 5.63. The van der Waals surface area contributed by atoms with Crippen LogP contribution in [0, 0.1) is 15.5 Å². The summed E-state index contributed by atoms with van der Waals surface area (Å²) in [5, 5.41) is 4.60. The number of fused-ring (bicyclic) bond motifs is 3. The van der Waals surface area contributed by atoms with E-state index < -0.39 is 0 Å². The summed E-state index contributed by atoms with van der Waals surface area (Å²) in [4.78, 5) is 0. The van der Waals surface area contributed by atoms with Crippen LogP contribution in [0.5, 0.6) is 0 Å². The Morgan fingerprint density at radius 1 is 1.56 bits per heavy atom. The van der Waals surface area contributed by atoms with Crippen LogP contribution in [0.25, 0.3) is 0 Å². The van der Waals surface area contributed by atoms with E-state index in [-0.39, 0.29) is 0 Å². The molecule has 1 unspecified atom stereocenters. The number of aromatic nitrogens is 2. The fourth-order valence-corrected chi connectivity index (χ4v) is 4.11. The van der Waals surface area contributed by atoms with Crippen molar-refractivity contribution in [1.82, 2.24) is 9.78 Å². The molecule has 4 heteroatoms. The third-order valence-corrected chi connectivity index (χ3v) is 4.83. The highest BCUT2D eigenvalue weighted by Gasteiger charge is 2.70. The highest BCUT2D eigenvalue weighted by molar-refractivity contribution is 14.1. The smallest absolute Gasteiger partial charge is 0.123 e. The van der Waals surface area contributed by atoms with Crippen molar-refractivity contribution in [3.05, 3.63) is 15.5 Å². The SMILES string of the molecule is CC(C)n1nc(I)cc1[C@@H]1[C@H]2C[C@@H]3OC3[C@H]21. The van der Waals surface area contributed by atoms with Gasteiger partial charge in [0.15, 0.2) is 0 Å². The van der Waals surface area contributed by atoms with Gasteiger partial charge in [-0.25, -0.2) is 0 Å². The molecule has 86 valence electrons. The largest absolute Gasteiger partial charge is 0.369 e. The van der Waals surface area contributed by atoms with Crippen LogP contribution in [0.3, 0.4) is 0 Å². The Hall–Kier alpha value is -0.100. The molecule has 0 radical (unpaired) electrons. The van der Waals surface area contributed by atoms with E-state index >= 15 is 0 Å². The van der Waals surface area contributed by atoms with E-state index in [1.54, 1.807) is 0 Å². The number of hydrogen-bond donors (Lipinski definition) is 0. The molecule has 1 aromatic rings. The second-order valence-electron chi connectivity index (χ2n) is 5.57. The van der Waals surface area contributed by atoms with Crippen molar-refractivity contribution >= 4 is 22.6 Å². The number of rotatable bonds is 2. The minimum atomic E-state index is 0.468. The van der Waals surface area contributed by atoms with E-state index in [1.807, 2.05) is 0 Å². The van der Waals surface area contributed by atoms with Crippen molar-refractivity contribution in [3.63, 3.8) is 0 Å². The van der Waals surface area contributed by atoms with Gasteiger partial charge in [0.05, 0.1) is 12.2 Å². The van der Waals surface area contributed by atoms with Gasteiger partial charge in [-0.2, -0.15) is 5.10 Å². The minimum Gasteiger partial charge on any atom is -0.369 e. The highest BCUT2D eigenvalue weighted by atomic mass is 127. The monoisotopic (exact) mass is 330 g/mol. The van der Waals surface area contributed by atoms with Gasteiger partial charge in [-0.15, -0.1) is 0 Å². The summed E-state index contributed by atoms with van der Waals surface area (Å²) >= 11 is 2.32. The van der Waals surface area contributed by atoms with E-state index in [0.717, 1.165) is 21.5 Å². The maximum Gasteiger partial charge on any atom is 0.123 e. The van der Waals surface area contributed by atoms with Crippen LogP contribution < -0.4 is 0 Å². The van der Waals surface area contributed by atoms with Crippen LogP contribution >= 0.6 is 22.6 Å². The van der Waals surface area contributed by atoms with Crippen LogP contribution in [-0.2, 0) is 4.74 Å². The molecule has 0 bridgehead atoms. The predicted octanol–water partition coefficient (Wildman–Crippen LogP) is 2.57. The normalized spacial score (nSPS) is 43.4. The Bertz CT molecular complexity index is 456. The predicted molar refractivity (Wildman–Crippen MR) is 68.3 cm³/mol. The van der Waals surface area contributed by atoms with Gasteiger partial charge in [0.1, 0.15) is 3.70 Å². The Morgan fingerprint density at radius 3 is 3.00 bits per heavy atom. The van der Waals surface area contributed by atoms with Crippen molar-refractivity contribution < 1.29 is 4.74 Å². The average molecular weight is 330 g/mol. The highest BCUT2D eigenvalue weighted by Crippen LogP contribution is 2.69. The lowest BCUT2D eigenvalue weighted by atomic mass is 10.1.